The highest BCUT2D eigenvalue weighted by Crippen LogP contribution is 2.22. The highest BCUT2D eigenvalue weighted by atomic mass is 79.9. The van der Waals surface area contributed by atoms with Crippen LogP contribution in [0.25, 0.3) is 0 Å². The van der Waals surface area contributed by atoms with Crippen LogP contribution in [0.3, 0.4) is 0 Å². The van der Waals surface area contributed by atoms with E-state index in [2.05, 4.69) is 21.2 Å². The van der Waals surface area contributed by atoms with Gasteiger partial charge in [-0.1, -0.05) is 64.5 Å². The van der Waals surface area contributed by atoms with Crippen LogP contribution in [0.4, 0.5) is 5.69 Å². The van der Waals surface area contributed by atoms with Gasteiger partial charge in [-0.2, -0.15) is 4.31 Å². The average Bonchev–Trinajstić information content (AvgIpc) is 2.73. The van der Waals surface area contributed by atoms with Crippen LogP contribution in [0.1, 0.15) is 16.7 Å². The molecule has 162 valence electrons. The minimum Gasteiger partial charge on any atom is -0.325 e. The molecule has 0 aromatic heterocycles. The van der Waals surface area contributed by atoms with Gasteiger partial charge in [0, 0.05) is 16.7 Å². The van der Waals surface area contributed by atoms with E-state index in [1.807, 2.05) is 49.4 Å². The lowest BCUT2D eigenvalue weighted by atomic mass is 10.1. The van der Waals surface area contributed by atoms with E-state index in [0.29, 0.717) is 17.7 Å². The molecule has 1 amide bonds. The molecule has 0 aliphatic rings. The summed E-state index contributed by atoms with van der Waals surface area (Å²) in [5, 5.41) is 2.79. The van der Waals surface area contributed by atoms with Gasteiger partial charge >= 0.3 is 0 Å². The molecule has 0 saturated heterocycles. The first-order valence-electron chi connectivity index (χ1n) is 9.92. The highest BCUT2D eigenvalue weighted by Gasteiger charge is 2.28. The first kappa shape index (κ1) is 23.2. The van der Waals surface area contributed by atoms with Gasteiger partial charge in [0.15, 0.2) is 0 Å². The van der Waals surface area contributed by atoms with Crippen LogP contribution in [0.5, 0.6) is 0 Å². The maximum atomic E-state index is 13.5. The molecule has 3 aromatic rings. The number of nitrogens with one attached hydrogen (secondary N) is 1. The predicted octanol–water partition coefficient (Wildman–Crippen LogP) is 4.94. The topological polar surface area (TPSA) is 66.5 Å². The van der Waals surface area contributed by atoms with E-state index < -0.39 is 10.0 Å². The van der Waals surface area contributed by atoms with Gasteiger partial charge in [0.05, 0.1) is 11.4 Å². The van der Waals surface area contributed by atoms with Gasteiger partial charge in [0.2, 0.25) is 15.9 Å². The molecule has 7 heteroatoms. The molecule has 0 aliphatic heterocycles. The standard InChI is InChI=1S/C24H25BrN2O3S/c1-18-11-12-19(2)23(15-18)31(29,30)27(14-13-20-7-4-3-5-8-20)17-24(28)26-22-10-6-9-21(25)16-22/h3-12,15-16H,13-14,17H2,1-2H3,(H,26,28). The summed E-state index contributed by atoms with van der Waals surface area (Å²) >= 11 is 3.37. The molecule has 0 spiro atoms. The normalized spacial score (nSPS) is 11.5. The van der Waals surface area contributed by atoms with Crippen LogP contribution >= 0.6 is 15.9 Å². The quantitative estimate of drug-likeness (QED) is 0.476. The van der Waals surface area contributed by atoms with Gasteiger partial charge in [-0.05, 0) is 61.2 Å². The summed E-state index contributed by atoms with van der Waals surface area (Å²) in [6.45, 7) is 3.55. The van der Waals surface area contributed by atoms with Crippen molar-refractivity contribution in [2.75, 3.05) is 18.4 Å². The third kappa shape index (κ3) is 6.26. The van der Waals surface area contributed by atoms with Crippen molar-refractivity contribution in [1.82, 2.24) is 4.31 Å². The number of anilines is 1. The lowest BCUT2D eigenvalue weighted by Gasteiger charge is -2.23. The van der Waals surface area contributed by atoms with Gasteiger partial charge < -0.3 is 5.32 Å². The minimum atomic E-state index is -3.86. The summed E-state index contributed by atoms with van der Waals surface area (Å²) in [4.78, 5) is 13.0. The van der Waals surface area contributed by atoms with Crippen molar-refractivity contribution in [3.8, 4) is 0 Å². The Hall–Kier alpha value is -2.48. The first-order chi connectivity index (χ1) is 14.8. The summed E-state index contributed by atoms with van der Waals surface area (Å²) < 4.78 is 29.1. The Morgan fingerprint density at radius 1 is 0.968 bits per heavy atom. The maximum Gasteiger partial charge on any atom is 0.243 e. The number of carbonyl (C=O) groups is 1. The Balaban J connectivity index is 1.86. The SMILES string of the molecule is Cc1ccc(C)c(S(=O)(=O)N(CCc2ccccc2)CC(=O)Nc2cccc(Br)c2)c1. The second-order valence-electron chi connectivity index (χ2n) is 7.40. The summed E-state index contributed by atoms with van der Waals surface area (Å²) in [5.74, 6) is -0.389. The number of sulfonamides is 1. The Morgan fingerprint density at radius 2 is 1.71 bits per heavy atom. The number of hydrogen-bond donors (Lipinski definition) is 1. The number of carbonyl (C=O) groups excluding carboxylic acids is 1. The van der Waals surface area contributed by atoms with Gasteiger partial charge in [0.1, 0.15) is 0 Å². The molecule has 31 heavy (non-hydrogen) atoms. The van der Waals surface area contributed by atoms with Crippen molar-refractivity contribution in [2.45, 2.75) is 25.2 Å². The van der Waals surface area contributed by atoms with E-state index in [9.17, 15) is 13.2 Å². The van der Waals surface area contributed by atoms with Crippen LogP contribution in [-0.4, -0.2) is 31.7 Å². The third-order valence-electron chi connectivity index (χ3n) is 4.88. The van der Waals surface area contributed by atoms with Crippen molar-refractivity contribution in [2.24, 2.45) is 0 Å². The Kier molecular flexibility index (Phi) is 7.64. The Bertz CT molecular complexity index is 1160. The number of halogens is 1. The molecule has 3 aromatic carbocycles. The summed E-state index contributed by atoms with van der Waals surface area (Å²) in [6.07, 6.45) is 0.509. The summed E-state index contributed by atoms with van der Waals surface area (Å²) in [6, 6.07) is 22.2. The van der Waals surface area contributed by atoms with E-state index in [1.54, 1.807) is 37.3 Å². The summed E-state index contributed by atoms with van der Waals surface area (Å²) in [5.41, 5.74) is 3.12. The number of aryl methyl sites for hydroxylation is 2. The lowest BCUT2D eigenvalue weighted by Crippen LogP contribution is -2.39. The fourth-order valence-electron chi connectivity index (χ4n) is 3.23. The van der Waals surface area contributed by atoms with Crippen LogP contribution in [0.2, 0.25) is 0 Å². The number of nitrogens with zero attached hydrogens (tertiary/aromatic N) is 1. The Labute approximate surface area is 192 Å². The van der Waals surface area contributed by atoms with Crippen molar-refractivity contribution in [1.29, 1.82) is 0 Å². The largest absolute Gasteiger partial charge is 0.325 e. The smallest absolute Gasteiger partial charge is 0.243 e. The molecule has 3 rings (SSSR count). The van der Waals surface area contributed by atoms with Crippen LogP contribution in [-0.2, 0) is 21.2 Å². The van der Waals surface area contributed by atoms with Gasteiger partial charge in [0.25, 0.3) is 0 Å². The van der Waals surface area contributed by atoms with Crippen LogP contribution < -0.4 is 5.32 Å². The molecule has 0 aliphatic carbocycles. The van der Waals surface area contributed by atoms with Crippen LogP contribution in [0.15, 0.2) is 82.2 Å². The van der Waals surface area contributed by atoms with Gasteiger partial charge in [-0.25, -0.2) is 8.42 Å². The van der Waals surface area contributed by atoms with E-state index in [0.717, 1.165) is 15.6 Å². The molecule has 0 bridgehead atoms. The molecule has 0 heterocycles. The van der Waals surface area contributed by atoms with Crippen LogP contribution in [0, 0.1) is 13.8 Å². The fourth-order valence-corrected chi connectivity index (χ4v) is 5.34. The first-order valence-corrected chi connectivity index (χ1v) is 12.2. The van der Waals surface area contributed by atoms with E-state index in [4.69, 9.17) is 0 Å². The van der Waals surface area contributed by atoms with E-state index in [-0.39, 0.29) is 23.9 Å². The molecule has 0 unspecified atom stereocenters. The predicted molar refractivity (Wildman–Crippen MR) is 128 cm³/mol. The van der Waals surface area contributed by atoms with Crippen molar-refractivity contribution in [3.63, 3.8) is 0 Å². The summed E-state index contributed by atoms with van der Waals surface area (Å²) in [7, 11) is -3.86. The zero-order chi connectivity index (χ0) is 22.4. The molecule has 0 saturated carbocycles. The Morgan fingerprint density at radius 3 is 2.42 bits per heavy atom. The van der Waals surface area contributed by atoms with Crippen molar-refractivity contribution >= 4 is 37.5 Å². The molecule has 5 nitrogen and oxygen atoms in total. The minimum absolute atomic E-state index is 0.200. The molecule has 0 fully saturated rings. The third-order valence-corrected chi connectivity index (χ3v) is 7.36. The maximum absolute atomic E-state index is 13.5. The lowest BCUT2D eigenvalue weighted by molar-refractivity contribution is -0.116. The highest BCUT2D eigenvalue weighted by molar-refractivity contribution is 9.10. The van der Waals surface area contributed by atoms with E-state index >= 15 is 0 Å². The fraction of sp³-hybridized carbons (Fsp3) is 0.208. The number of amides is 1. The molecule has 0 atom stereocenters. The second-order valence-corrected chi connectivity index (χ2v) is 10.2. The van der Waals surface area contributed by atoms with E-state index in [1.165, 1.54) is 4.31 Å². The van der Waals surface area contributed by atoms with Crippen molar-refractivity contribution in [3.05, 3.63) is 94.0 Å². The number of benzene rings is 3. The number of hydrogen-bond acceptors (Lipinski definition) is 3. The van der Waals surface area contributed by atoms with Gasteiger partial charge in [-0.15, -0.1) is 0 Å². The zero-order valence-electron chi connectivity index (χ0n) is 17.5. The number of rotatable bonds is 8. The average molecular weight is 501 g/mol. The van der Waals surface area contributed by atoms with Crippen molar-refractivity contribution < 1.29 is 13.2 Å². The van der Waals surface area contributed by atoms with Gasteiger partial charge in [-0.3, -0.25) is 4.79 Å². The second kappa shape index (κ2) is 10.2. The zero-order valence-corrected chi connectivity index (χ0v) is 19.9. The molecule has 1 N–H and O–H groups in total. The molecule has 0 radical (unpaired) electrons. The molecular formula is C24H25BrN2O3S. The molecular weight excluding hydrogens is 476 g/mol. The monoisotopic (exact) mass is 500 g/mol.